The minimum Gasteiger partial charge on any atom is -0.456 e. The quantitative estimate of drug-likeness (QED) is 0.170. The molecule has 1 aliphatic heterocycles. The maximum absolute atomic E-state index is 6.56. The molecule has 7 aromatic carbocycles. The lowest BCUT2D eigenvalue weighted by Gasteiger charge is -2.25. The van der Waals surface area contributed by atoms with E-state index in [-0.39, 0.29) is 0 Å². The molecule has 1 aromatic heterocycles. The summed E-state index contributed by atoms with van der Waals surface area (Å²) in [6.45, 7) is 4.42. The van der Waals surface area contributed by atoms with E-state index < -0.39 is 0 Å². The molecule has 52 heavy (non-hydrogen) atoms. The second-order valence-corrected chi connectivity index (χ2v) is 12.7. The normalized spacial score (nSPS) is 13.0. The first-order valence-corrected chi connectivity index (χ1v) is 17.4. The van der Waals surface area contributed by atoms with Crippen LogP contribution in [-0.4, -0.2) is 11.5 Å². The van der Waals surface area contributed by atoms with E-state index in [0.717, 1.165) is 83.8 Å². The highest BCUT2D eigenvalue weighted by Crippen LogP contribution is 2.38. The Bertz CT molecular complexity index is 2620. The number of allylic oxidation sites excluding steroid dienone is 2. The van der Waals surface area contributed by atoms with E-state index in [1.54, 1.807) is 0 Å². The largest absolute Gasteiger partial charge is 0.456 e. The third kappa shape index (κ3) is 5.82. The van der Waals surface area contributed by atoms with Gasteiger partial charge in [0.05, 0.1) is 11.4 Å². The van der Waals surface area contributed by atoms with Crippen LogP contribution in [0.1, 0.15) is 16.7 Å². The molecule has 2 heterocycles. The van der Waals surface area contributed by atoms with Crippen LogP contribution in [0.5, 0.6) is 0 Å². The van der Waals surface area contributed by atoms with Crippen molar-refractivity contribution in [3.63, 3.8) is 0 Å². The fourth-order valence-corrected chi connectivity index (χ4v) is 6.90. The Balaban J connectivity index is 1.13. The monoisotopic (exact) mass is 667 g/mol. The van der Waals surface area contributed by atoms with Crippen molar-refractivity contribution in [1.29, 1.82) is 0 Å². The van der Waals surface area contributed by atoms with Gasteiger partial charge in [0.15, 0.2) is 5.84 Å². The summed E-state index contributed by atoms with van der Waals surface area (Å²) in [6.07, 6.45) is 2.03. The summed E-state index contributed by atoms with van der Waals surface area (Å²) >= 11 is 0. The lowest BCUT2D eigenvalue weighted by Crippen LogP contribution is -2.09. The number of para-hydroxylation sites is 2. The number of fused-ring (bicyclic) bond motifs is 3. The molecule has 246 valence electrons. The summed E-state index contributed by atoms with van der Waals surface area (Å²) in [5, 5.41) is 1.99. The van der Waals surface area contributed by atoms with Crippen molar-refractivity contribution in [2.24, 2.45) is 9.98 Å². The molecular weight excluding hydrogens is 635 g/mol. The van der Waals surface area contributed by atoms with Gasteiger partial charge in [-0.1, -0.05) is 134 Å². The number of rotatable bonds is 7. The summed E-state index contributed by atoms with van der Waals surface area (Å²) in [4.78, 5) is 12.7. The van der Waals surface area contributed by atoms with Crippen LogP contribution in [-0.2, 0) is 0 Å². The lowest BCUT2D eigenvalue weighted by atomic mass is 10.0. The molecule has 0 saturated carbocycles. The van der Waals surface area contributed by atoms with E-state index >= 15 is 0 Å². The molecule has 0 unspecified atom stereocenters. The number of amidine groups is 1. The fraction of sp³-hybridized carbons (Fsp3) is 0. The maximum atomic E-state index is 6.56. The van der Waals surface area contributed by atoms with Gasteiger partial charge in [-0.3, -0.25) is 0 Å². The van der Waals surface area contributed by atoms with Gasteiger partial charge in [0.25, 0.3) is 0 Å². The lowest BCUT2D eigenvalue weighted by molar-refractivity contribution is 0.669. The van der Waals surface area contributed by atoms with Crippen LogP contribution in [0.4, 0.5) is 17.1 Å². The van der Waals surface area contributed by atoms with Crippen molar-refractivity contribution >= 4 is 56.2 Å². The molecule has 0 radical (unpaired) electrons. The molecule has 0 atom stereocenters. The highest BCUT2D eigenvalue weighted by atomic mass is 16.3. The molecule has 0 bridgehead atoms. The van der Waals surface area contributed by atoms with Crippen LogP contribution >= 0.6 is 0 Å². The Morgan fingerprint density at radius 3 is 1.69 bits per heavy atom. The van der Waals surface area contributed by atoms with E-state index in [0.29, 0.717) is 5.84 Å². The number of benzene rings is 7. The van der Waals surface area contributed by atoms with Gasteiger partial charge in [0, 0.05) is 44.5 Å². The number of furan rings is 1. The first kappa shape index (κ1) is 31.0. The van der Waals surface area contributed by atoms with Gasteiger partial charge in [-0.05, 0) is 77.4 Å². The molecule has 0 spiro atoms. The van der Waals surface area contributed by atoms with E-state index in [4.69, 9.17) is 14.4 Å². The zero-order valence-electron chi connectivity index (χ0n) is 28.4. The van der Waals surface area contributed by atoms with Crippen molar-refractivity contribution in [3.05, 3.63) is 217 Å². The SMILES string of the molecule is C=C1C=C(c2ccccc2)N=C(c2cccc3oc4cc(-c5ccc(N(c6ccccc6)c6ccccc6)cc5)ccc4c23)N=C1c1ccccc1. The Morgan fingerprint density at radius 1 is 0.462 bits per heavy atom. The average Bonchev–Trinajstić information content (AvgIpc) is 3.49. The van der Waals surface area contributed by atoms with Crippen molar-refractivity contribution in [2.45, 2.75) is 0 Å². The zero-order chi connectivity index (χ0) is 34.9. The summed E-state index contributed by atoms with van der Waals surface area (Å²) in [6, 6.07) is 62.5. The van der Waals surface area contributed by atoms with Crippen LogP contribution in [0, 0.1) is 0 Å². The number of aliphatic imine (C=N–C) groups is 2. The molecule has 1 aliphatic rings. The Hall–Kier alpha value is -7.04. The average molecular weight is 668 g/mol. The maximum Gasteiger partial charge on any atom is 0.161 e. The summed E-state index contributed by atoms with van der Waals surface area (Å²) in [7, 11) is 0. The minimum atomic E-state index is 0.613. The number of nitrogens with zero attached hydrogens (tertiary/aromatic N) is 3. The number of anilines is 3. The van der Waals surface area contributed by atoms with Gasteiger partial charge in [-0.15, -0.1) is 0 Å². The standard InChI is InChI=1S/C48H33N3O/c1-33-31-43(35-15-6-2-7-16-35)49-48(50-47(33)36-17-8-3-9-18-36)42-23-14-24-44-46(42)41-30-27-37(32-45(41)52-44)34-25-28-40(29-26-34)51(38-19-10-4-11-20-38)39-21-12-5-13-22-39/h2-32H,1H2. The minimum absolute atomic E-state index is 0.613. The summed E-state index contributed by atoms with van der Waals surface area (Å²) in [5.41, 5.74) is 12.4. The number of hydrogen-bond donors (Lipinski definition) is 0. The Labute approximate surface area is 302 Å². The smallest absolute Gasteiger partial charge is 0.161 e. The van der Waals surface area contributed by atoms with Crippen LogP contribution < -0.4 is 4.90 Å². The fourth-order valence-electron chi connectivity index (χ4n) is 6.90. The van der Waals surface area contributed by atoms with E-state index in [2.05, 4.69) is 133 Å². The van der Waals surface area contributed by atoms with E-state index in [9.17, 15) is 0 Å². The Morgan fingerprint density at radius 2 is 1.04 bits per heavy atom. The molecule has 0 amide bonds. The van der Waals surface area contributed by atoms with Crippen molar-refractivity contribution in [1.82, 2.24) is 0 Å². The molecule has 4 heteroatoms. The van der Waals surface area contributed by atoms with Crippen molar-refractivity contribution < 1.29 is 4.42 Å². The van der Waals surface area contributed by atoms with Gasteiger partial charge < -0.3 is 9.32 Å². The second kappa shape index (κ2) is 13.3. The van der Waals surface area contributed by atoms with E-state index in [1.165, 1.54) is 0 Å². The second-order valence-electron chi connectivity index (χ2n) is 12.7. The molecule has 0 N–H and O–H groups in total. The third-order valence-electron chi connectivity index (χ3n) is 9.40. The zero-order valence-corrected chi connectivity index (χ0v) is 28.4. The van der Waals surface area contributed by atoms with Gasteiger partial charge in [-0.25, -0.2) is 9.98 Å². The predicted octanol–water partition coefficient (Wildman–Crippen LogP) is 12.6. The summed E-state index contributed by atoms with van der Waals surface area (Å²) in [5.74, 6) is 0.613. The predicted molar refractivity (Wildman–Crippen MR) is 217 cm³/mol. The van der Waals surface area contributed by atoms with Crippen LogP contribution in [0.15, 0.2) is 215 Å². The molecule has 0 fully saturated rings. The number of hydrogen-bond acceptors (Lipinski definition) is 4. The van der Waals surface area contributed by atoms with Crippen LogP contribution in [0.3, 0.4) is 0 Å². The molecular formula is C48H33N3O. The molecule has 0 saturated heterocycles. The third-order valence-corrected chi connectivity index (χ3v) is 9.40. The topological polar surface area (TPSA) is 41.1 Å². The molecule has 9 rings (SSSR count). The van der Waals surface area contributed by atoms with Crippen LogP contribution in [0.25, 0.3) is 38.8 Å². The van der Waals surface area contributed by atoms with Crippen molar-refractivity contribution in [3.8, 4) is 11.1 Å². The van der Waals surface area contributed by atoms with Gasteiger partial charge in [-0.2, -0.15) is 0 Å². The molecule has 4 nitrogen and oxygen atoms in total. The summed E-state index contributed by atoms with van der Waals surface area (Å²) < 4.78 is 6.56. The van der Waals surface area contributed by atoms with Gasteiger partial charge >= 0.3 is 0 Å². The van der Waals surface area contributed by atoms with E-state index in [1.807, 2.05) is 66.7 Å². The van der Waals surface area contributed by atoms with Gasteiger partial charge in [0.2, 0.25) is 0 Å². The van der Waals surface area contributed by atoms with Crippen LogP contribution in [0.2, 0.25) is 0 Å². The molecule has 0 aliphatic carbocycles. The highest BCUT2D eigenvalue weighted by Gasteiger charge is 2.21. The van der Waals surface area contributed by atoms with Crippen molar-refractivity contribution in [2.75, 3.05) is 4.90 Å². The first-order chi connectivity index (χ1) is 25.7. The first-order valence-electron chi connectivity index (χ1n) is 17.4. The Kier molecular flexibility index (Phi) is 7.95. The van der Waals surface area contributed by atoms with Gasteiger partial charge in [0.1, 0.15) is 11.2 Å². The molecule has 8 aromatic rings. The highest BCUT2D eigenvalue weighted by molar-refractivity contribution is 6.26.